The van der Waals surface area contributed by atoms with Crippen LogP contribution >= 0.6 is 0 Å². The second kappa shape index (κ2) is 11.6. The number of rotatable bonds is 9. The summed E-state index contributed by atoms with van der Waals surface area (Å²) >= 11 is 0. The lowest BCUT2D eigenvalue weighted by atomic mass is 10.0. The molecule has 43 heavy (non-hydrogen) atoms. The maximum atomic E-state index is 14.7. The van der Waals surface area contributed by atoms with Gasteiger partial charge in [0.15, 0.2) is 0 Å². The van der Waals surface area contributed by atoms with Crippen LogP contribution in [0, 0.1) is 11.7 Å². The second-order valence-electron chi connectivity index (χ2n) is 11.1. The monoisotopic (exact) mass is 577 g/mol. The Morgan fingerprint density at radius 3 is 2.53 bits per heavy atom. The number of halogens is 1. The number of H-pyrrole nitrogens is 2. The Morgan fingerprint density at radius 2 is 1.72 bits per heavy atom. The van der Waals surface area contributed by atoms with E-state index in [9.17, 15) is 9.18 Å². The quantitative estimate of drug-likeness (QED) is 0.168. The highest BCUT2D eigenvalue weighted by atomic mass is 19.1. The number of fused-ring (bicyclic) bond motifs is 2. The SMILES string of the molecule is CC(C)C(=O)Nc1cncc(-c2cc3c(-c4cc5c(-c6cc(F)cc(NCCN(C)C)c6)cncc5[nH]4)n[nH]c3cn2)c1. The van der Waals surface area contributed by atoms with Crippen LogP contribution in [0.4, 0.5) is 15.8 Å². The van der Waals surface area contributed by atoms with Gasteiger partial charge in [0.1, 0.15) is 11.5 Å². The molecule has 11 heteroatoms. The fourth-order valence-corrected chi connectivity index (χ4v) is 4.89. The van der Waals surface area contributed by atoms with E-state index >= 15 is 0 Å². The number of anilines is 2. The van der Waals surface area contributed by atoms with Crippen LogP contribution in [0.5, 0.6) is 0 Å². The second-order valence-corrected chi connectivity index (χ2v) is 11.1. The zero-order valence-electron chi connectivity index (χ0n) is 24.4. The fourth-order valence-electron chi connectivity index (χ4n) is 4.89. The topological polar surface area (TPSA) is 128 Å². The first kappa shape index (κ1) is 28.0. The number of amides is 1. The molecule has 4 N–H and O–H groups in total. The summed E-state index contributed by atoms with van der Waals surface area (Å²) < 4.78 is 14.7. The molecule has 1 amide bonds. The normalized spacial score (nSPS) is 11.6. The molecule has 0 saturated heterocycles. The van der Waals surface area contributed by atoms with Gasteiger partial charge in [-0.1, -0.05) is 13.8 Å². The molecule has 0 radical (unpaired) electrons. The number of benzene rings is 1. The Morgan fingerprint density at radius 1 is 0.907 bits per heavy atom. The lowest BCUT2D eigenvalue weighted by Gasteiger charge is -2.13. The molecule has 0 fully saturated rings. The zero-order chi connectivity index (χ0) is 30.1. The van der Waals surface area contributed by atoms with Crippen LogP contribution in [0.25, 0.3) is 55.6 Å². The number of likely N-dealkylation sites (N-methyl/N-ethyl adjacent to an activating group) is 1. The van der Waals surface area contributed by atoms with Gasteiger partial charge in [-0.15, -0.1) is 0 Å². The van der Waals surface area contributed by atoms with E-state index in [1.165, 1.54) is 12.1 Å². The third-order valence-electron chi connectivity index (χ3n) is 7.17. The van der Waals surface area contributed by atoms with Gasteiger partial charge >= 0.3 is 0 Å². The minimum atomic E-state index is -0.321. The molecular weight excluding hydrogens is 545 g/mol. The van der Waals surface area contributed by atoms with E-state index in [4.69, 9.17) is 0 Å². The predicted octanol–water partition coefficient (Wildman–Crippen LogP) is 5.94. The number of aromatic nitrogens is 6. The molecule has 218 valence electrons. The number of carbonyl (C=O) groups excluding carboxylic acids is 1. The highest BCUT2D eigenvalue weighted by Gasteiger charge is 2.16. The highest BCUT2D eigenvalue weighted by molar-refractivity contribution is 6.01. The van der Waals surface area contributed by atoms with Gasteiger partial charge in [-0.2, -0.15) is 5.10 Å². The first-order valence-electron chi connectivity index (χ1n) is 14.0. The average molecular weight is 578 g/mol. The molecule has 0 aliphatic carbocycles. The maximum absolute atomic E-state index is 14.7. The van der Waals surface area contributed by atoms with Crippen LogP contribution in [-0.4, -0.2) is 68.1 Å². The van der Waals surface area contributed by atoms with Gasteiger partial charge in [0.25, 0.3) is 0 Å². The standard InChI is InChI=1S/C32H32FN9O/c1-18(2)32(43)38-23-9-20(13-34-14-23)27-12-25-30(17-37-27)40-41-31(25)28-11-24-26(15-35-16-29(24)39-28)19-7-21(33)10-22(8-19)36-5-6-42(3)4/h7-18,36,39H,5-6H2,1-4H3,(H,38,43)(H,40,41). The number of aromatic amines is 2. The fraction of sp³-hybridized carbons (Fsp3) is 0.219. The predicted molar refractivity (Wildman–Crippen MR) is 168 cm³/mol. The molecule has 5 aromatic heterocycles. The van der Waals surface area contributed by atoms with E-state index in [1.807, 2.05) is 52.2 Å². The summed E-state index contributed by atoms with van der Waals surface area (Å²) in [6, 6.07) is 10.8. The maximum Gasteiger partial charge on any atom is 0.226 e. The number of hydrogen-bond donors (Lipinski definition) is 4. The molecule has 0 atom stereocenters. The number of hydrogen-bond acceptors (Lipinski definition) is 7. The van der Waals surface area contributed by atoms with Gasteiger partial charge < -0.3 is 20.5 Å². The Kier molecular flexibility index (Phi) is 7.56. The van der Waals surface area contributed by atoms with Crippen molar-refractivity contribution in [3.63, 3.8) is 0 Å². The summed E-state index contributed by atoms with van der Waals surface area (Å²) in [7, 11) is 4.00. The third kappa shape index (κ3) is 5.93. The molecule has 0 unspecified atom stereocenters. The van der Waals surface area contributed by atoms with Crippen molar-refractivity contribution in [2.45, 2.75) is 13.8 Å². The molecule has 0 aliphatic rings. The lowest BCUT2D eigenvalue weighted by molar-refractivity contribution is -0.118. The summed E-state index contributed by atoms with van der Waals surface area (Å²) in [5, 5.41) is 15.6. The molecular formula is C32H32FN9O. The molecule has 6 rings (SSSR count). The summed E-state index contributed by atoms with van der Waals surface area (Å²) in [6.07, 6.45) is 8.56. The van der Waals surface area contributed by atoms with Crippen LogP contribution in [0.1, 0.15) is 13.8 Å². The average Bonchev–Trinajstić information content (AvgIpc) is 3.60. The molecule has 6 aromatic rings. The van der Waals surface area contributed by atoms with Crippen LogP contribution in [0.2, 0.25) is 0 Å². The number of pyridine rings is 3. The van der Waals surface area contributed by atoms with Crippen molar-refractivity contribution in [1.82, 2.24) is 35.0 Å². The van der Waals surface area contributed by atoms with Crippen molar-refractivity contribution in [1.29, 1.82) is 0 Å². The Hall–Kier alpha value is -5.16. The lowest BCUT2D eigenvalue weighted by Crippen LogP contribution is -2.20. The van der Waals surface area contributed by atoms with E-state index in [1.54, 1.807) is 31.0 Å². The summed E-state index contributed by atoms with van der Waals surface area (Å²) in [5.41, 5.74) is 7.38. The van der Waals surface area contributed by atoms with Gasteiger partial charge in [0.2, 0.25) is 5.91 Å². The smallest absolute Gasteiger partial charge is 0.226 e. The molecule has 10 nitrogen and oxygen atoms in total. The summed E-state index contributed by atoms with van der Waals surface area (Å²) in [4.78, 5) is 31.0. The van der Waals surface area contributed by atoms with Gasteiger partial charge in [0, 0.05) is 59.0 Å². The Bertz CT molecular complexity index is 1940. The third-order valence-corrected chi connectivity index (χ3v) is 7.17. The molecule has 0 saturated carbocycles. The molecule has 0 spiro atoms. The van der Waals surface area contributed by atoms with Gasteiger partial charge in [-0.3, -0.25) is 24.8 Å². The van der Waals surface area contributed by atoms with Crippen molar-refractivity contribution in [3.8, 4) is 33.8 Å². The van der Waals surface area contributed by atoms with Crippen LogP contribution in [-0.2, 0) is 4.79 Å². The molecule has 0 bridgehead atoms. The van der Waals surface area contributed by atoms with E-state index < -0.39 is 0 Å². The van der Waals surface area contributed by atoms with Crippen LogP contribution < -0.4 is 10.6 Å². The van der Waals surface area contributed by atoms with Crippen molar-refractivity contribution in [3.05, 3.63) is 73.2 Å². The van der Waals surface area contributed by atoms with Gasteiger partial charge in [-0.05, 0) is 56.1 Å². The Labute approximate surface area is 247 Å². The van der Waals surface area contributed by atoms with Crippen molar-refractivity contribution in [2.75, 3.05) is 37.8 Å². The van der Waals surface area contributed by atoms with E-state index in [0.717, 1.165) is 50.7 Å². The first-order valence-corrected chi connectivity index (χ1v) is 14.0. The van der Waals surface area contributed by atoms with Crippen molar-refractivity contribution in [2.24, 2.45) is 5.92 Å². The van der Waals surface area contributed by atoms with Crippen LogP contribution in [0.3, 0.4) is 0 Å². The van der Waals surface area contributed by atoms with Gasteiger partial charge in [0.05, 0.1) is 46.7 Å². The highest BCUT2D eigenvalue weighted by Crippen LogP contribution is 2.35. The van der Waals surface area contributed by atoms with E-state index in [2.05, 4.69) is 45.7 Å². The first-order chi connectivity index (χ1) is 20.7. The number of carbonyl (C=O) groups is 1. The van der Waals surface area contributed by atoms with Gasteiger partial charge in [-0.25, -0.2) is 4.39 Å². The summed E-state index contributed by atoms with van der Waals surface area (Å²) in [5.74, 6) is -0.549. The molecule has 0 aliphatic heterocycles. The Balaban J connectivity index is 1.36. The minimum absolute atomic E-state index is 0.0813. The summed E-state index contributed by atoms with van der Waals surface area (Å²) in [6.45, 7) is 5.20. The largest absolute Gasteiger partial charge is 0.384 e. The van der Waals surface area contributed by atoms with Crippen LogP contribution in [0.15, 0.2) is 67.4 Å². The van der Waals surface area contributed by atoms with Crippen molar-refractivity contribution < 1.29 is 9.18 Å². The minimum Gasteiger partial charge on any atom is -0.384 e. The number of nitrogens with one attached hydrogen (secondary N) is 4. The van der Waals surface area contributed by atoms with E-state index in [0.29, 0.717) is 29.3 Å². The zero-order valence-corrected chi connectivity index (χ0v) is 24.4. The van der Waals surface area contributed by atoms with E-state index in [-0.39, 0.29) is 17.6 Å². The molecule has 5 heterocycles. The number of nitrogens with zero attached hydrogens (tertiary/aromatic N) is 5. The van der Waals surface area contributed by atoms with Crippen molar-refractivity contribution >= 4 is 39.1 Å². The molecule has 1 aromatic carbocycles.